The molecule has 0 aliphatic carbocycles. The van der Waals surface area contributed by atoms with Gasteiger partial charge in [-0.15, -0.1) is 0 Å². The van der Waals surface area contributed by atoms with Gasteiger partial charge in [0.2, 0.25) is 11.8 Å². The molecule has 1 aromatic carbocycles. The zero-order valence-corrected chi connectivity index (χ0v) is 12.0. The maximum absolute atomic E-state index is 11.4. The SMILES string of the molecule is C=CC(=O)NCc1ccccc1N1CCCC(C(N)=O)C1. The van der Waals surface area contributed by atoms with Gasteiger partial charge >= 0.3 is 0 Å². The van der Waals surface area contributed by atoms with E-state index in [1.165, 1.54) is 6.08 Å². The lowest BCUT2D eigenvalue weighted by Crippen LogP contribution is -2.41. The maximum Gasteiger partial charge on any atom is 0.243 e. The molecule has 1 atom stereocenters. The summed E-state index contributed by atoms with van der Waals surface area (Å²) in [5, 5.41) is 2.79. The molecule has 1 unspecified atom stereocenters. The number of carbonyl (C=O) groups excluding carboxylic acids is 2. The van der Waals surface area contributed by atoms with Crippen molar-refractivity contribution in [3.8, 4) is 0 Å². The quantitative estimate of drug-likeness (QED) is 0.799. The molecule has 1 fully saturated rings. The van der Waals surface area contributed by atoms with Gasteiger partial charge in [0.25, 0.3) is 0 Å². The number of nitrogens with one attached hydrogen (secondary N) is 1. The standard InChI is InChI=1S/C16H21N3O2/c1-2-15(20)18-10-12-6-3-4-8-14(12)19-9-5-7-13(11-19)16(17)21/h2-4,6,8,13H,1,5,7,9-11H2,(H2,17,21)(H,18,20). The van der Waals surface area contributed by atoms with Crippen molar-refractivity contribution in [2.45, 2.75) is 19.4 Å². The minimum atomic E-state index is -0.239. The van der Waals surface area contributed by atoms with Crippen molar-refractivity contribution >= 4 is 17.5 Å². The summed E-state index contributed by atoms with van der Waals surface area (Å²) in [5.41, 5.74) is 7.50. The number of hydrogen-bond acceptors (Lipinski definition) is 3. The van der Waals surface area contributed by atoms with Gasteiger partial charge in [-0.25, -0.2) is 0 Å². The Morgan fingerprint density at radius 1 is 1.43 bits per heavy atom. The average Bonchev–Trinajstić information content (AvgIpc) is 2.53. The Hall–Kier alpha value is -2.30. The van der Waals surface area contributed by atoms with Crippen molar-refractivity contribution in [1.29, 1.82) is 0 Å². The molecule has 1 aromatic rings. The number of anilines is 1. The molecule has 5 nitrogen and oxygen atoms in total. The predicted octanol–water partition coefficient (Wildman–Crippen LogP) is 1.19. The molecular weight excluding hydrogens is 266 g/mol. The third-order valence-corrected chi connectivity index (χ3v) is 3.79. The Morgan fingerprint density at radius 3 is 2.90 bits per heavy atom. The second-order valence-electron chi connectivity index (χ2n) is 5.24. The lowest BCUT2D eigenvalue weighted by molar-refractivity contribution is -0.122. The summed E-state index contributed by atoms with van der Waals surface area (Å²) in [6.07, 6.45) is 3.05. The fourth-order valence-electron chi connectivity index (χ4n) is 2.65. The smallest absolute Gasteiger partial charge is 0.243 e. The first-order valence-corrected chi connectivity index (χ1v) is 7.14. The molecule has 0 bridgehead atoms. The lowest BCUT2D eigenvalue weighted by Gasteiger charge is -2.34. The Bertz CT molecular complexity index is 542. The summed E-state index contributed by atoms with van der Waals surface area (Å²) >= 11 is 0. The fraction of sp³-hybridized carbons (Fsp3) is 0.375. The molecule has 0 spiro atoms. The van der Waals surface area contributed by atoms with Crippen molar-refractivity contribution in [3.05, 3.63) is 42.5 Å². The van der Waals surface area contributed by atoms with Crippen molar-refractivity contribution in [1.82, 2.24) is 5.32 Å². The molecule has 1 aliphatic rings. The molecule has 2 amide bonds. The summed E-state index contributed by atoms with van der Waals surface area (Å²) in [6, 6.07) is 7.89. The van der Waals surface area contributed by atoms with Gasteiger partial charge in [0.1, 0.15) is 0 Å². The first-order chi connectivity index (χ1) is 10.1. The fourth-order valence-corrected chi connectivity index (χ4v) is 2.65. The van der Waals surface area contributed by atoms with E-state index in [-0.39, 0.29) is 17.7 Å². The zero-order chi connectivity index (χ0) is 15.2. The average molecular weight is 287 g/mol. The normalized spacial score (nSPS) is 18.1. The Labute approximate surface area is 124 Å². The van der Waals surface area contributed by atoms with Crippen LogP contribution in [-0.4, -0.2) is 24.9 Å². The second kappa shape index (κ2) is 6.92. The molecule has 1 heterocycles. The number of rotatable bonds is 5. The molecule has 1 aliphatic heterocycles. The largest absolute Gasteiger partial charge is 0.370 e. The number of benzene rings is 1. The summed E-state index contributed by atoms with van der Waals surface area (Å²) in [4.78, 5) is 24.9. The van der Waals surface area contributed by atoms with E-state index in [0.29, 0.717) is 13.1 Å². The van der Waals surface area contributed by atoms with E-state index in [1.807, 2.05) is 24.3 Å². The van der Waals surface area contributed by atoms with Gasteiger partial charge < -0.3 is 16.0 Å². The number of carbonyl (C=O) groups is 2. The molecule has 0 radical (unpaired) electrons. The Balaban J connectivity index is 2.13. The highest BCUT2D eigenvalue weighted by atomic mass is 16.1. The summed E-state index contributed by atoms with van der Waals surface area (Å²) < 4.78 is 0. The number of hydrogen-bond donors (Lipinski definition) is 2. The maximum atomic E-state index is 11.4. The van der Waals surface area contributed by atoms with Gasteiger partial charge in [0.15, 0.2) is 0 Å². The minimum Gasteiger partial charge on any atom is -0.370 e. The number of primary amides is 1. The first kappa shape index (κ1) is 15.1. The van der Waals surface area contributed by atoms with E-state index in [2.05, 4.69) is 16.8 Å². The van der Waals surface area contributed by atoms with Crippen molar-refractivity contribution in [3.63, 3.8) is 0 Å². The molecule has 3 N–H and O–H groups in total. The molecule has 2 rings (SSSR count). The van der Waals surface area contributed by atoms with E-state index < -0.39 is 0 Å². The van der Waals surface area contributed by atoms with Gasteiger partial charge in [0, 0.05) is 25.3 Å². The predicted molar refractivity (Wildman–Crippen MR) is 82.6 cm³/mol. The number of para-hydroxylation sites is 1. The number of nitrogens with zero attached hydrogens (tertiary/aromatic N) is 1. The van der Waals surface area contributed by atoms with Crippen LogP contribution in [0.2, 0.25) is 0 Å². The van der Waals surface area contributed by atoms with Crippen LogP contribution in [0.1, 0.15) is 18.4 Å². The molecular formula is C16H21N3O2. The first-order valence-electron chi connectivity index (χ1n) is 7.14. The van der Waals surface area contributed by atoms with E-state index >= 15 is 0 Å². The highest BCUT2D eigenvalue weighted by molar-refractivity contribution is 5.86. The van der Waals surface area contributed by atoms with Crippen LogP contribution in [0.25, 0.3) is 0 Å². The van der Waals surface area contributed by atoms with Gasteiger partial charge in [-0.3, -0.25) is 9.59 Å². The molecule has 5 heteroatoms. The van der Waals surface area contributed by atoms with E-state index in [1.54, 1.807) is 0 Å². The van der Waals surface area contributed by atoms with Crippen molar-refractivity contribution < 1.29 is 9.59 Å². The van der Waals surface area contributed by atoms with E-state index in [9.17, 15) is 9.59 Å². The van der Waals surface area contributed by atoms with E-state index in [4.69, 9.17) is 5.73 Å². The van der Waals surface area contributed by atoms with Crippen LogP contribution in [0.3, 0.4) is 0 Å². The second-order valence-corrected chi connectivity index (χ2v) is 5.24. The Morgan fingerprint density at radius 2 is 2.19 bits per heavy atom. The van der Waals surface area contributed by atoms with Crippen LogP contribution in [0.15, 0.2) is 36.9 Å². The Kier molecular flexibility index (Phi) is 4.98. The molecule has 1 saturated heterocycles. The third-order valence-electron chi connectivity index (χ3n) is 3.79. The van der Waals surface area contributed by atoms with Crippen LogP contribution in [0.5, 0.6) is 0 Å². The molecule has 0 saturated carbocycles. The van der Waals surface area contributed by atoms with Crippen LogP contribution in [0, 0.1) is 5.92 Å². The third kappa shape index (κ3) is 3.84. The van der Waals surface area contributed by atoms with Crippen LogP contribution < -0.4 is 16.0 Å². The lowest BCUT2D eigenvalue weighted by atomic mass is 9.96. The van der Waals surface area contributed by atoms with Gasteiger partial charge in [-0.05, 0) is 30.5 Å². The van der Waals surface area contributed by atoms with Crippen LogP contribution in [-0.2, 0) is 16.1 Å². The van der Waals surface area contributed by atoms with Gasteiger partial charge in [-0.2, -0.15) is 0 Å². The zero-order valence-electron chi connectivity index (χ0n) is 12.0. The van der Waals surface area contributed by atoms with Crippen molar-refractivity contribution in [2.75, 3.05) is 18.0 Å². The van der Waals surface area contributed by atoms with Crippen molar-refractivity contribution in [2.24, 2.45) is 11.7 Å². The summed E-state index contributed by atoms with van der Waals surface area (Å²) in [7, 11) is 0. The summed E-state index contributed by atoms with van der Waals surface area (Å²) in [5.74, 6) is -0.537. The monoisotopic (exact) mass is 287 g/mol. The minimum absolute atomic E-state index is 0.102. The molecule has 21 heavy (non-hydrogen) atoms. The topological polar surface area (TPSA) is 75.4 Å². The van der Waals surface area contributed by atoms with Gasteiger partial charge in [-0.1, -0.05) is 24.8 Å². The summed E-state index contributed by atoms with van der Waals surface area (Å²) in [6.45, 7) is 5.42. The highest BCUT2D eigenvalue weighted by Gasteiger charge is 2.25. The van der Waals surface area contributed by atoms with E-state index in [0.717, 1.165) is 30.6 Å². The molecule has 0 aromatic heterocycles. The number of amides is 2. The van der Waals surface area contributed by atoms with Crippen LogP contribution in [0.4, 0.5) is 5.69 Å². The van der Waals surface area contributed by atoms with Gasteiger partial charge in [0.05, 0.1) is 5.92 Å². The number of nitrogens with two attached hydrogens (primary N) is 1. The number of piperidine rings is 1. The molecule has 112 valence electrons. The highest BCUT2D eigenvalue weighted by Crippen LogP contribution is 2.26. The van der Waals surface area contributed by atoms with Crippen LogP contribution >= 0.6 is 0 Å².